The van der Waals surface area contributed by atoms with Gasteiger partial charge in [-0.1, -0.05) is 48.5 Å². The normalized spacial score (nSPS) is 11.0. The van der Waals surface area contributed by atoms with Crippen molar-refractivity contribution in [1.82, 2.24) is 19.3 Å². The van der Waals surface area contributed by atoms with E-state index < -0.39 is 0 Å². The van der Waals surface area contributed by atoms with E-state index in [2.05, 4.69) is 64.3 Å². The minimum absolute atomic E-state index is 0.0679. The first kappa shape index (κ1) is 21.9. The SMILES string of the molecule is CCc1ccc(NC(=O)CSc2nnc(Cc3cccn3C)n2-c2ccc(C)cc2)cc1. The zero-order valence-electron chi connectivity index (χ0n) is 18.6. The van der Waals surface area contributed by atoms with E-state index in [9.17, 15) is 4.79 Å². The molecule has 4 aromatic rings. The zero-order valence-corrected chi connectivity index (χ0v) is 19.4. The van der Waals surface area contributed by atoms with Gasteiger partial charge in [0.1, 0.15) is 5.82 Å². The van der Waals surface area contributed by atoms with Crippen molar-refractivity contribution in [3.8, 4) is 5.69 Å². The van der Waals surface area contributed by atoms with Gasteiger partial charge in [-0.2, -0.15) is 0 Å². The minimum Gasteiger partial charge on any atom is -0.354 e. The van der Waals surface area contributed by atoms with Gasteiger partial charge in [0.05, 0.1) is 5.75 Å². The van der Waals surface area contributed by atoms with Crippen molar-refractivity contribution in [1.29, 1.82) is 0 Å². The zero-order chi connectivity index (χ0) is 22.5. The number of aromatic nitrogens is 4. The van der Waals surface area contributed by atoms with Crippen molar-refractivity contribution in [3.63, 3.8) is 0 Å². The summed E-state index contributed by atoms with van der Waals surface area (Å²) in [5.41, 5.74) is 5.37. The first-order valence-corrected chi connectivity index (χ1v) is 11.6. The molecule has 2 aromatic carbocycles. The Morgan fingerprint density at radius 3 is 2.44 bits per heavy atom. The summed E-state index contributed by atoms with van der Waals surface area (Å²) in [5.74, 6) is 1.03. The van der Waals surface area contributed by atoms with E-state index in [1.165, 1.54) is 22.9 Å². The summed E-state index contributed by atoms with van der Waals surface area (Å²) in [6.07, 6.45) is 3.65. The molecule has 32 heavy (non-hydrogen) atoms. The lowest BCUT2D eigenvalue weighted by Gasteiger charge is -2.11. The Balaban J connectivity index is 1.52. The lowest BCUT2D eigenvalue weighted by atomic mass is 10.1. The largest absolute Gasteiger partial charge is 0.354 e. The Morgan fingerprint density at radius 2 is 1.78 bits per heavy atom. The lowest BCUT2D eigenvalue weighted by Crippen LogP contribution is -2.14. The number of rotatable bonds is 8. The molecule has 2 aromatic heterocycles. The van der Waals surface area contributed by atoms with Crippen LogP contribution in [0, 0.1) is 6.92 Å². The highest BCUT2D eigenvalue weighted by Gasteiger charge is 2.17. The number of hydrogen-bond acceptors (Lipinski definition) is 4. The van der Waals surface area contributed by atoms with Crippen LogP contribution in [0.3, 0.4) is 0 Å². The predicted molar refractivity (Wildman–Crippen MR) is 129 cm³/mol. The topological polar surface area (TPSA) is 64.7 Å². The van der Waals surface area contributed by atoms with Crippen LogP contribution < -0.4 is 5.32 Å². The molecular formula is C25H27N5OS. The lowest BCUT2D eigenvalue weighted by molar-refractivity contribution is -0.113. The Kier molecular flexibility index (Phi) is 6.75. The number of thioether (sulfide) groups is 1. The van der Waals surface area contributed by atoms with Gasteiger partial charge in [-0.05, 0) is 55.3 Å². The van der Waals surface area contributed by atoms with Crippen LogP contribution in [0.1, 0.15) is 29.6 Å². The van der Waals surface area contributed by atoms with Crippen LogP contribution in [0.4, 0.5) is 5.69 Å². The van der Waals surface area contributed by atoms with Gasteiger partial charge in [-0.25, -0.2) is 0 Å². The summed E-state index contributed by atoms with van der Waals surface area (Å²) in [4.78, 5) is 12.5. The van der Waals surface area contributed by atoms with E-state index in [1.807, 2.05) is 48.1 Å². The van der Waals surface area contributed by atoms with Gasteiger partial charge in [0.2, 0.25) is 5.91 Å². The number of hydrogen-bond donors (Lipinski definition) is 1. The van der Waals surface area contributed by atoms with Crippen molar-refractivity contribution >= 4 is 23.4 Å². The third-order valence-electron chi connectivity index (χ3n) is 5.36. The molecule has 6 nitrogen and oxygen atoms in total. The number of aryl methyl sites for hydroxylation is 3. The Bertz CT molecular complexity index is 1190. The fourth-order valence-electron chi connectivity index (χ4n) is 3.45. The van der Waals surface area contributed by atoms with Gasteiger partial charge in [0.25, 0.3) is 0 Å². The van der Waals surface area contributed by atoms with Crippen LogP contribution in [-0.4, -0.2) is 31.0 Å². The molecule has 0 spiro atoms. The summed E-state index contributed by atoms with van der Waals surface area (Å²) in [7, 11) is 2.02. The average Bonchev–Trinajstić information content (AvgIpc) is 3.39. The summed E-state index contributed by atoms with van der Waals surface area (Å²) in [6, 6.07) is 20.3. The summed E-state index contributed by atoms with van der Waals surface area (Å²) < 4.78 is 4.12. The summed E-state index contributed by atoms with van der Waals surface area (Å²) in [5, 5.41) is 12.5. The van der Waals surface area contributed by atoms with Crippen LogP contribution >= 0.6 is 11.8 Å². The molecule has 0 aliphatic carbocycles. The molecule has 1 N–H and O–H groups in total. The van der Waals surface area contributed by atoms with E-state index in [0.29, 0.717) is 11.6 Å². The maximum atomic E-state index is 12.5. The molecule has 2 heterocycles. The van der Waals surface area contributed by atoms with Crippen LogP contribution in [0.25, 0.3) is 5.69 Å². The van der Waals surface area contributed by atoms with E-state index in [-0.39, 0.29) is 11.7 Å². The third kappa shape index (κ3) is 5.11. The quantitative estimate of drug-likeness (QED) is 0.396. The van der Waals surface area contributed by atoms with E-state index in [4.69, 9.17) is 0 Å². The molecule has 7 heteroatoms. The Morgan fingerprint density at radius 1 is 1.03 bits per heavy atom. The molecule has 0 aliphatic heterocycles. The predicted octanol–water partition coefficient (Wildman–Crippen LogP) is 4.80. The summed E-state index contributed by atoms with van der Waals surface area (Å²) in [6.45, 7) is 4.17. The van der Waals surface area contributed by atoms with Crippen LogP contribution in [0.2, 0.25) is 0 Å². The fourth-order valence-corrected chi connectivity index (χ4v) is 4.23. The molecule has 0 radical (unpaired) electrons. The number of nitrogens with one attached hydrogen (secondary N) is 1. The molecule has 4 rings (SSSR count). The Hall–Kier alpha value is -3.32. The monoisotopic (exact) mass is 445 g/mol. The van der Waals surface area contributed by atoms with Crippen molar-refractivity contribution in [2.24, 2.45) is 7.05 Å². The first-order chi connectivity index (χ1) is 15.5. The van der Waals surface area contributed by atoms with Gasteiger partial charge in [0, 0.05) is 36.7 Å². The highest BCUT2D eigenvalue weighted by molar-refractivity contribution is 7.99. The fraction of sp³-hybridized carbons (Fsp3) is 0.240. The van der Waals surface area contributed by atoms with E-state index in [1.54, 1.807) is 0 Å². The van der Waals surface area contributed by atoms with Gasteiger partial charge < -0.3 is 9.88 Å². The number of carbonyl (C=O) groups excluding carboxylic acids is 1. The maximum Gasteiger partial charge on any atom is 0.234 e. The molecule has 0 aliphatic rings. The molecule has 0 saturated heterocycles. The van der Waals surface area contributed by atoms with E-state index in [0.717, 1.165) is 29.3 Å². The first-order valence-electron chi connectivity index (χ1n) is 10.7. The Labute approximate surface area is 192 Å². The maximum absolute atomic E-state index is 12.5. The molecule has 0 saturated carbocycles. The molecule has 0 fully saturated rings. The standard InChI is InChI=1S/C25H27N5OS/c1-4-19-9-11-20(12-10-19)26-24(31)17-32-25-28-27-23(16-22-6-5-15-29(22)3)30(25)21-13-7-18(2)8-14-21/h5-15H,4,16-17H2,1-3H3,(H,26,31). The number of amides is 1. The third-order valence-corrected chi connectivity index (χ3v) is 6.29. The highest BCUT2D eigenvalue weighted by Crippen LogP contribution is 2.24. The minimum atomic E-state index is -0.0679. The second-order valence-electron chi connectivity index (χ2n) is 7.74. The van der Waals surface area contributed by atoms with Gasteiger partial charge >= 0.3 is 0 Å². The highest BCUT2D eigenvalue weighted by atomic mass is 32.2. The second kappa shape index (κ2) is 9.87. The molecule has 0 unspecified atom stereocenters. The molecule has 1 amide bonds. The molecule has 0 atom stereocenters. The summed E-state index contributed by atoms with van der Waals surface area (Å²) >= 11 is 1.39. The molecule has 164 valence electrons. The number of anilines is 1. The smallest absolute Gasteiger partial charge is 0.234 e. The van der Waals surface area contributed by atoms with Crippen molar-refractivity contribution in [2.45, 2.75) is 31.8 Å². The second-order valence-corrected chi connectivity index (χ2v) is 8.69. The van der Waals surface area contributed by atoms with Crippen LogP contribution in [-0.2, 0) is 24.7 Å². The van der Waals surface area contributed by atoms with Crippen molar-refractivity contribution in [3.05, 3.63) is 89.5 Å². The van der Waals surface area contributed by atoms with Crippen LogP contribution in [0.5, 0.6) is 0 Å². The molecular weight excluding hydrogens is 418 g/mol. The average molecular weight is 446 g/mol. The van der Waals surface area contributed by atoms with Gasteiger partial charge in [-0.3, -0.25) is 9.36 Å². The number of benzene rings is 2. The van der Waals surface area contributed by atoms with Gasteiger partial charge in [-0.15, -0.1) is 10.2 Å². The number of nitrogens with zero attached hydrogens (tertiary/aromatic N) is 4. The van der Waals surface area contributed by atoms with Gasteiger partial charge in [0.15, 0.2) is 5.16 Å². The van der Waals surface area contributed by atoms with Crippen molar-refractivity contribution in [2.75, 3.05) is 11.1 Å². The van der Waals surface area contributed by atoms with Crippen molar-refractivity contribution < 1.29 is 4.79 Å². The van der Waals surface area contributed by atoms with Crippen LogP contribution in [0.15, 0.2) is 72.0 Å². The van der Waals surface area contributed by atoms with E-state index >= 15 is 0 Å². The molecule has 0 bridgehead atoms. The number of carbonyl (C=O) groups is 1.